The van der Waals surface area contributed by atoms with Gasteiger partial charge in [0.25, 0.3) is 5.91 Å². The van der Waals surface area contributed by atoms with Crippen molar-refractivity contribution in [1.82, 2.24) is 4.90 Å². The van der Waals surface area contributed by atoms with Crippen LogP contribution in [0, 0.1) is 10.1 Å². The van der Waals surface area contributed by atoms with Gasteiger partial charge in [-0.3, -0.25) is 14.9 Å². The number of nitro groups is 1. The van der Waals surface area contributed by atoms with Crippen molar-refractivity contribution < 1.29 is 24.3 Å². The van der Waals surface area contributed by atoms with Gasteiger partial charge >= 0.3 is 5.69 Å². The lowest BCUT2D eigenvalue weighted by Gasteiger charge is -2.21. The fourth-order valence-electron chi connectivity index (χ4n) is 1.79. The summed E-state index contributed by atoms with van der Waals surface area (Å²) in [5.74, 6) is -0.325. The largest absolute Gasteiger partial charge is 0.490 e. The molecule has 0 radical (unpaired) electrons. The number of hydrogen-bond acceptors (Lipinski definition) is 6. The van der Waals surface area contributed by atoms with E-state index in [0.29, 0.717) is 6.61 Å². The summed E-state index contributed by atoms with van der Waals surface area (Å²) in [4.78, 5) is 24.0. The number of aliphatic hydroxyl groups excluding tert-OH is 1. The van der Waals surface area contributed by atoms with Crippen molar-refractivity contribution in [1.29, 1.82) is 0 Å². The Morgan fingerprint density at radius 3 is 2.62 bits per heavy atom. The molecule has 1 aromatic carbocycles. The quantitative estimate of drug-likeness (QED) is 0.559. The number of amides is 1. The summed E-state index contributed by atoms with van der Waals surface area (Å²) in [6.07, 6.45) is 0. The molecule has 1 rings (SSSR count). The lowest BCUT2D eigenvalue weighted by Crippen LogP contribution is -2.36. The summed E-state index contributed by atoms with van der Waals surface area (Å²) >= 11 is 0. The van der Waals surface area contributed by atoms with Crippen LogP contribution in [0.3, 0.4) is 0 Å². The minimum absolute atomic E-state index is 0.0853. The number of nitro benzene ring substituents is 1. The molecule has 0 unspecified atom stereocenters. The van der Waals surface area contributed by atoms with E-state index < -0.39 is 10.8 Å². The maximum atomic E-state index is 12.3. The molecule has 0 aliphatic carbocycles. The number of carbonyl (C=O) groups is 1. The minimum Gasteiger partial charge on any atom is -0.490 e. The maximum absolute atomic E-state index is 12.3. The van der Waals surface area contributed by atoms with E-state index in [-0.39, 0.29) is 36.7 Å². The lowest BCUT2D eigenvalue weighted by atomic mass is 10.1. The van der Waals surface area contributed by atoms with Gasteiger partial charge in [-0.15, -0.1) is 0 Å². The highest BCUT2D eigenvalue weighted by Gasteiger charge is 2.21. The molecule has 0 heterocycles. The number of ether oxygens (including phenoxy) is 2. The molecule has 0 aromatic heterocycles. The van der Waals surface area contributed by atoms with Gasteiger partial charge in [0.15, 0.2) is 5.75 Å². The van der Waals surface area contributed by atoms with E-state index in [1.807, 2.05) is 0 Å². The fourth-order valence-corrected chi connectivity index (χ4v) is 1.79. The number of aliphatic hydroxyl groups is 1. The van der Waals surface area contributed by atoms with Crippen molar-refractivity contribution in [2.75, 3.05) is 40.5 Å². The third-order valence-electron chi connectivity index (χ3n) is 2.84. The molecule has 8 heteroatoms. The average molecular weight is 298 g/mol. The van der Waals surface area contributed by atoms with Crippen molar-refractivity contribution >= 4 is 11.6 Å². The topological polar surface area (TPSA) is 102 Å². The first-order chi connectivity index (χ1) is 10.0. The minimum atomic E-state index is -0.610. The van der Waals surface area contributed by atoms with Crippen LogP contribution in [0.5, 0.6) is 5.75 Å². The van der Waals surface area contributed by atoms with Crippen LogP contribution >= 0.6 is 0 Å². The Morgan fingerprint density at radius 1 is 1.38 bits per heavy atom. The van der Waals surface area contributed by atoms with Gasteiger partial charge in [-0.2, -0.15) is 0 Å². The first kappa shape index (κ1) is 16.9. The molecule has 0 aliphatic rings. The molecule has 116 valence electrons. The lowest BCUT2D eigenvalue weighted by molar-refractivity contribution is -0.385. The number of nitrogens with zero attached hydrogens (tertiary/aromatic N) is 2. The van der Waals surface area contributed by atoms with Crippen LogP contribution in [0.2, 0.25) is 0 Å². The molecule has 0 atom stereocenters. The predicted molar refractivity (Wildman–Crippen MR) is 74.5 cm³/mol. The van der Waals surface area contributed by atoms with Crippen molar-refractivity contribution in [3.05, 3.63) is 33.9 Å². The van der Waals surface area contributed by atoms with Gasteiger partial charge in [-0.05, 0) is 12.1 Å². The van der Waals surface area contributed by atoms with Crippen molar-refractivity contribution in [2.24, 2.45) is 0 Å². The van der Waals surface area contributed by atoms with E-state index in [2.05, 4.69) is 0 Å². The highest BCUT2D eigenvalue weighted by Crippen LogP contribution is 2.27. The molecule has 0 spiro atoms. The number of carbonyl (C=O) groups excluding carboxylic acids is 1. The molecule has 1 aromatic rings. The standard InChI is InChI=1S/C13H18N2O6/c1-20-8-6-14(5-7-16)13(17)10-3-4-12(21-2)11(9-10)15(18)19/h3-4,9,16H,5-8H2,1-2H3. The van der Waals surface area contributed by atoms with E-state index in [9.17, 15) is 14.9 Å². The van der Waals surface area contributed by atoms with Crippen LogP contribution in [0.4, 0.5) is 5.69 Å². The van der Waals surface area contributed by atoms with Crippen LogP contribution in [0.15, 0.2) is 18.2 Å². The van der Waals surface area contributed by atoms with Gasteiger partial charge in [0.2, 0.25) is 0 Å². The highest BCUT2D eigenvalue weighted by molar-refractivity contribution is 5.95. The van der Waals surface area contributed by atoms with E-state index in [4.69, 9.17) is 14.6 Å². The molecule has 1 N–H and O–H groups in total. The summed E-state index contributed by atoms with van der Waals surface area (Å²) in [7, 11) is 2.82. The fraction of sp³-hybridized carbons (Fsp3) is 0.462. The molecular weight excluding hydrogens is 280 g/mol. The summed E-state index contributed by atoms with van der Waals surface area (Å²) in [5, 5.41) is 20.0. The number of methoxy groups -OCH3 is 2. The van der Waals surface area contributed by atoms with Gasteiger partial charge in [0, 0.05) is 31.8 Å². The average Bonchev–Trinajstić information content (AvgIpc) is 2.50. The molecular formula is C13H18N2O6. The first-order valence-corrected chi connectivity index (χ1v) is 6.26. The molecule has 0 fully saturated rings. The smallest absolute Gasteiger partial charge is 0.311 e. The summed E-state index contributed by atoms with van der Waals surface area (Å²) in [5.41, 5.74) is -0.119. The number of hydrogen-bond donors (Lipinski definition) is 1. The first-order valence-electron chi connectivity index (χ1n) is 6.26. The Bertz CT molecular complexity index is 505. The maximum Gasteiger partial charge on any atom is 0.311 e. The van der Waals surface area contributed by atoms with E-state index >= 15 is 0 Å². The molecule has 0 saturated carbocycles. The SMILES string of the molecule is COCCN(CCO)C(=O)c1ccc(OC)c([N+](=O)[O-])c1. The Balaban J connectivity index is 3.04. The highest BCUT2D eigenvalue weighted by atomic mass is 16.6. The second-order valence-corrected chi connectivity index (χ2v) is 4.15. The summed E-state index contributed by atoms with van der Waals surface area (Å²) in [6.45, 7) is 0.523. The predicted octanol–water partition coefficient (Wildman–Crippen LogP) is 0.684. The molecule has 21 heavy (non-hydrogen) atoms. The molecule has 0 saturated heterocycles. The Hall–Kier alpha value is -2.19. The van der Waals surface area contributed by atoms with E-state index in [0.717, 1.165) is 0 Å². The van der Waals surface area contributed by atoms with Gasteiger partial charge in [-0.25, -0.2) is 0 Å². The zero-order valence-electron chi connectivity index (χ0n) is 11.9. The Kier molecular flexibility index (Phi) is 6.57. The molecule has 0 bridgehead atoms. The van der Waals surface area contributed by atoms with Crippen LogP contribution < -0.4 is 4.74 Å². The molecule has 1 amide bonds. The Labute approximate surface area is 122 Å². The van der Waals surface area contributed by atoms with E-state index in [1.165, 1.54) is 37.3 Å². The van der Waals surface area contributed by atoms with Crippen LogP contribution in [-0.2, 0) is 4.74 Å². The third kappa shape index (κ3) is 4.40. The number of rotatable bonds is 8. The molecule has 0 aliphatic heterocycles. The van der Waals surface area contributed by atoms with Gasteiger partial charge in [0.1, 0.15) is 0 Å². The van der Waals surface area contributed by atoms with Crippen LogP contribution in [0.25, 0.3) is 0 Å². The van der Waals surface area contributed by atoms with Gasteiger partial charge in [-0.1, -0.05) is 0 Å². The second kappa shape index (κ2) is 8.18. The normalized spacial score (nSPS) is 10.2. The van der Waals surface area contributed by atoms with Crippen molar-refractivity contribution in [3.63, 3.8) is 0 Å². The Morgan fingerprint density at radius 2 is 2.10 bits per heavy atom. The molecule has 8 nitrogen and oxygen atoms in total. The third-order valence-corrected chi connectivity index (χ3v) is 2.84. The van der Waals surface area contributed by atoms with Crippen LogP contribution in [-0.4, -0.2) is 61.4 Å². The van der Waals surface area contributed by atoms with Crippen molar-refractivity contribution in [2.45, 2.75) is 0 Å². The monoisotopic (exact) mass is 298 g/mol. The van der Waals surface area contributed by atoms with Crippen molar-refractivity contribution in [3.8, 4) is 5.75 Å². The number of benzene rings is 1. The zero-order valence-corrected chi connectivity index (χ0v) is 11.9. The van der Waals surface area contributed by atoms with Gasteiger partial charge < -0.3 is 19.5 Å². The van der Waals surface area contributed by atoms with Gasteiger partial charge in [0.05, 0.1) is 25.2 Å². The summed E-state index contributed by atoms with van der Waals surface area (Å²) in [6, 6.07) is 3.99. The van der Waals surface area contributed by atoms with E-state index in [1.54, 1.807) is 0 Å². The van der Waals surface area contributed by atoms with Crippen LogP contribution in [0.1, 0.15) is 10.4 Å². The zero-order chi connectivity index (χ0) is 15.8. The second-order valence-electron chi connectivity index (χ2n) is 4.15. The summed E-state index contributed by atoms with van der Waals surface area (Å²) < 4.78 is 9.79.